The van der Waals surface area contributed by atoms with Crippen LogP contribution in [-0.4, -0.2) is 46.0 Å². The van der Waals surface area contributed by atoms with E-state index in [9.17, 15) is 0 Å². The van der Waals surface area contributed by atoms with E-state index in [1.165, 1.54) is 37.9 Å². The summed E-state index contributed by atoms with van der Waals surface area (Å²) in [7, 11) is 0. The van der Waals surface area contributed by atoms with Crippen LogP contribution in [0, 0.1) is 25.7 Å². The fourth-order valence-electron chi connectivity index (χ4n) is 4.52. The van der Waals surface area contributed by atoms with Crippen molar-refractivity contribution in [3.63, 3.8) is 0 Å². The topological polar surface area (TPSA) is 45.2 Å². The van der Waals surface area contributed by atoms with Gasteiger partial charge in [-0.2, -0.15) is 0 Å². The molecule has 2 aliphatic heterocycles. The van der Waals surface area contributed by atoms with Gasteiger partial charge < -0.3 is 4.90 Å². The van der Waals surface area contributed by atoms with E-state index in [-0.39, 0.29) is 0 Å². The van der Waals surface area contributed by atoms with Gasteiger partial charge in [0.05, 0.1) is 11.4 Å². The summed E-state index contributed by atoms with van der Waals surface area (Å²) in [6, 6.07) is 4.21. The van der Waals surface area contributed by atoms with Crippen LogP contribution >= 0.6 is 0 Å². The number of rotatable bonds is 4. The Balaban J connectivity index is 1.31. The van der Waals surface area contributed by atoms with E-state index in [2.05, 4.69) is 32.8 Å². The first-order valence-electron chi connectivity index (χ1n) is 9.85. The van der Waals surface area contributed by atoms with Crippen LogP contribution in [0.5, 0.6) is 0 Å². The van der Waals surface area contributed by atoms with Crippen LogP contribution < -0.4 is 4.90 Å². The zero-order valence-corrected chi connectivity index (χ0v) is 15.9. The average Bonchev–Trinajstić information content (AvgIpc) is 3.15. The highest BCUT2D eigenvalue weighted by atomic mass is 15.2. The SMILES string of the molecule is Cc1cnc(C)c(N2CCC(C3CCN(Cc4cccnc4)CC3)C2)n1. The molecule has 138 valence electrons. The number of hydrogen-bond donors (Lipinski definition) is 0. The fourth-order valence-corrected chi connectivity index (χ4v) is 4.52. The van der Waals surface area contributed by atoms with E-state index >= 15 is 0 Å². The second-order valence-electron chi connectivity index (χ2n) is 7.89. The second kappa shape index (κ2) is 7.70. The fraction of sp³-hybridized carbons (Fsp3) is 0.571. The van der Waals surface area contributed by atoms with Gasteiger partial charge in [-0.05, 0) is 69.7 Å². The van der Waals surface area contributed by atoms with Gasteiger partial charge in [-0.15, -0.1) is 0 Å². The number of piperidine rings is 1. The van der Waals surface area contributed by atoms with Crippen LogP contribution in [0.4, 0.5) is 5.82 Å². The average molecular weight is 351 g/mol. The van der Waals surface area contributed by atoms with E-state index in [1.807, 2.05) is 31.6 Å². The molecule has 0 spiro atoms. The molecule has 0 aliphatic carbocycles. The van der Waals surface area contributed by atoms with Crippen LogP contribution in [0.2, 0.25) is 0 Å². The highest BCUT2D eigenvalue weighted by molar-refractivity contribution is 5.44. The molecule has 0 saturated carbocycles. The molecule has 5 nitrogen and oxygen atoms in total. The normalized spacial score (nSPS) is 22.1. The van der Waals surface area contributed by atoms with Gasteiger partial charge in [-0.1, -0.05) is 6.07 Å². The van der Waals surface area contributed by atoms with Gasteiger partial charge in [0.25, 0.3) is 0 Å². The minimum atomic E-state index is 0.803. The Morgan fingerprint density at radius 2 is 1.85 bits per heavy atom. The van der Waals surface area contributed by atoms with Crippen molar-refractivity contribution < 1.29 is 0 Å². The van der Waals surface area contributed by atoms with Crippen molar-refractivity contribution in [2.75, 3.05) is 31.1 Å². The van der Waals surface area contributed by atoms with Gasteiger partial charge in [0.1, 0.15) is 5.82 Å². The quantitative estimate of drug-likeness (QED) is 0.846. The molecule has 2 aromatic heterocycles. The van der Waals surface area contributed by atoms with E-state index in [1.54, 1.807) is 0 Å². The van der Waals surface area contributed by atoms with Crippen molar-refractivity contribution in [1.82, 2.24) is 19.9 Å². The predicted octanol–water partition coefficient (Wildman–Crippen LogP) is 3.23. The molecular weight excluding hydrogens is 322 g/mol. The van der Waals surface area contributed by atoms with E-state index in [0.29, 0.717) is 0 Å². The Bertz CT molecular complexity index is 724. The molecule has 0 bridgehead atoms. The lowest BCUT2D eigenvalue weighted by Gasteiger charge is -2.34. The highest BCUT2D eigenvalue weighted by Crippen LogP contribution is 2.34. The summed E-state index contributed by atoms with van der Waals surface area (Å²) in [6.07, 6.45) is 9.63. The first-order valence-corrected chi connectivity index (χ1v) is 9.85. The van der Waals surface area contributed by atoms with Crippen molar-refractivity contribution in [1.29, 1.82) is 0 Å². The molecule has 4 heterocycles. The largest absolute Gasteiger partial charge is 0.355 e. The summed E-state index contributed by atoms with van der Waals surface area (Å²) in [5.41, 5.74) is 3.40. The van der Waals surface area contributed by atoms with Crippen LogP contribution in [0.25, 0.3) is 0 Å². The van der Waals surface area contributed by atoms with Crippen LogP contribution in [0.1, 0.15) is 36.2 Å². The zero-order valence-electron chi connectivity index (χ0n) is 15.9. The summed E-state index contributed by atoms with van der Waals surface area (Å²) in [6.45, 7) is 9.83. The number of likely N-dealkylation sites (tertiary alicyclic amines) is 1. The van der Waals surface area contributed by atoms with Crippen molar-refractivity contribution in [3.05, 3.63) is 47.7 Å². The van der Waals surface area contributed by atoms with Crippen molar-refractivity contribution >= 4 is 5.82 Å². The molecule has 4 rings (SSSR count). The number of pyridine rings is 1. The molecule has 2 aromatic rings. The lowest BCUT2D eigenvalue weighted by molar-refractivity contribution is 0.147. The molecule has 0 aromatic carbocycles. The molecule has 0 N–H and O–H groups in total. The monoisotopic (exact) mass is 351 g/mol. The number of anilines is 1. The molecule has 26 heavy (non-hydrogen) atoms. The van der Waals surface area contributed by atoms with Gasteiger partial charge in [-0.3, -0.25) is 14.9 Å². The number of hydrogen-bond acceptors (Lipinski definition) is 5. The van der Waals surface area contributed by atoms with Gasteiger partial charge >= 0.3 is 0 Å². The number of aromatic nitrogens is 3. The maximum atomic E-state index is 4.74. The second-order valence-corrected chi connectivity index (χ2v) is 7.89. The lowest BCUT2D eigenvalue weighted by atomic mass is 9.83. The first-order chi connectivity index (χ1) is 12.7. The Hall–Kier alpha value is -2.01. The van der Waals surface area contributed by atoms with Crippen molar-refractivity contribution in [2.24, 2.45) is 11.8 Å². The maximum Gasteiger partial charge on any atom is 0.150 e. The molecular formula is C21H29N5. The van der Waals surface area contributed by atoms with Crippen LogP contribution in [0.3, 0.4) is 0 Å². The Morgan fingerprint density at radius 3 is 2.62 bits per heavy atom. The molecule has 1 unspecified atom stereocenters. The van der Waals surface area contributed by atoms with E-state index in [4.69, 9.17) is 4.98 Å². The van der Waals surface area contributed by atoms with Crippen molar-refractivity contribution in [2.45, 2.75) is 39.7 Å². The summed E-state index contributed by atoms with van der Waals surface area (Å²) in [4.78, 5) is 18.5. The molecule has 0 amide bonds. The van der Waals surface area contributed by atoms with Gasteiger partial charge in [0, 0.05) is 38.2 Å². The smallest absolute Gasteiger partial charge is 0.150 e. The predicted molar refractivity (Wildman–Crippen MR) is 104 cm³/mol. The first kappa shape index (κ1) is 17.4. The van der Waals surface area contributed by atoms with E-state index < -0.39 is 0 Å². The lowest BCUT2D eigenvalue weighted by Crippen LogP contribution is -2.36. The molecule has 0 radical (unpaired) electrons. The minimum absolute atomic E-state index is 0.803. The molecule has 5 heteroatoms. The minimum Gasteiger partial charge on any atom is -0.355 e. The number of nitrogens with zero attached hydrogens (tertiary/aromatic N) is 5. The van der Waals surface area contributed by atoms with Gasteiger partial charge in [-0.25, -0.2) is 4.98 Å². The third-order valence-electron chi connectivity index (χ3n) is 6.00. The Morgan fingerprint density at radius 1 is 1.04 bits per heavy atom. The summed E-state index contributed by atoms with van der Waals surface area (Å²) in [5.74, 6) is 2.75. The van der Waals surface area contributed by atoms with Crippen molar-refractivity contribution in [3.8, 4) is 0 Å². The van der Waals surface area contributed by atoms with Crippen LogP contribution in [0.15, 0.2) is 30.7 Å². The third-order valence-corrected chi connectivity index (χ3v) is 6.00. The van der Waals surface area contributed by atoms with E-state index in [0.717, 1.165) is 48.7 Å². The molecule has 2 aliphatic rings. The highest BCUT2D eigenvalue weighted by Gasteiger charge is 2.33. The Kier molecular flexibility index (Phi) is 5.16. The third kappa shape index (κ3) is 3.88. The molecule has 2 fully saturated rings. The van der Waals surface area contributed by atoms with Gasteiger partial charge in [0.15, 0.2) is 0 Å². The zero-order chi connectivity index (χ0) is 17.9. The summed E-state index contributed by atoms with van der Waals surface area (Å²) < 4.78 is 0. The summed E-state index contributed by atoms with van der Waals surface area (Å²) >= 11 is 0. The molecule has 2 saturated heterocycles. The standard InChI is InChI=1S/C21H29N5/c1-16-12-23-17(2)21(24-16)26-11-7-20(15-26)19-5-9-25(10-6-19)14-18-4-3-8-22-13-18/h3-4,8,12-13,19-20H,5-7,9-11,14-15H2,1-2H3. The van der Waals surface area contributed by atoms with Crippen LogP contribution in [-0.2, 0) is 6.54 Å². The Labute approximate surface area is 156 Å². The summed E-state index contributed by atoms with van der Waals surface area (Å²) in [5, 5.41) is 0. The molecule has 1 atom stereocenters. The van der Waals surface area contributed by atoms with Gasteiger partial charge in [0.2, 0.25) is 0 Å². The number of aryl methyl sites for hydroxylation is 2. The maximum absolute atomic E-state index is 4.74.